The highest BCUT2D eigenvalue weighted by Gasteiger charge is 2.11. The lowest BCUT2D eigenvalue weighted by atomic mass is 9.98. The first-order chi connectivity index (χ1) is 10.2. The molecule has 0 bridgehead atoms. The van der Waals surface area contributed by atoms with E-state index in [2.05, 4.69) is 66.4 Å². The fourth-order valence-electron chi connectivity index (χ4n) is 2.37. The van der Waals surface area contributed by atoms with Crippen LogP contribution in [0.1, 0.15) is 25.5 Å². The van der Waals surface area contributed by atoms with Crippen LogP contribution in [-0.2, 0) is 0 Å². The van der Waals surface area contributed by atoms with Gasteiger partial charge in [-0.15, -0.1) is 0 Å². The summed E-state index contributed by atoms with van der Waals surface area (Å²) in [6.07, 6.45) is 1.85. The highest BCUT2D eigenvalue weighted by atomic mass is 15.1. The molecule has 0 aliphatic heterocycles. The van der Waals surface area contributed by atoms with Crippen molar-refractivity contribution in [1.29, 1.82) is 0 Å². The number of benzene rings is 1. The smallest absolute Gasteiger partial charge is 0.0705 e. The quantitative estimate of drug-likeness (QED) is 0.844. The van der Waals surface area contributed by atoms with Gasteiger partial charge < -0.3 is 10.2 Å². The minimum absolute atomic E-state index is 0.313. The maximum absolute atomic E-state index is 4.48. The van der Waals surface area contributed by atoms with E-state index in [4.69, 9.17) is 0 Å². The average Bonchev–Trinajstić information content (AvgIpc) is 2.55. The van der Waals surface area contributed by atoms with Gasteiger partial charge in [0.25, 0.3) is 0 Å². The van der Waals surface area contributed by atoms with Crippen molar-refractivity contribution in [2.45, 2.75) is 19.9 Å². The molecule has 1 aromatic heterocycles. The van der Waals surface area contributed by atoms with Gasteiger partial charge in [0.05, 0.1) is 5.69 Å². The summed E-state index contributed by atoms with van der Waals surface area (Å²) in [5.74, 6) is 0. The van der Waals surface area contributed by atoms with Crippen LogP contribution in [0, 0.1) is 0 Å². The number of hydrogen-bond acceptors (Lipinski definition) is 3. The van der Waals surface area contributed by atoms with Crippen molar-refractivity contribution in [3.63, 3.8) is 0 Å². The molecule has 2 rings (SSSR count). The zero-order valence-electron chi connectivity index (χ0n) is 13.2. The Balaban J connectivity index is 2.09. The van der Waals surface area contributed by atoms with Crippen LogP contribution in [0.4, 0.5) is 0 Å². The summed E-state index contributed by atoms with van der Waals surface area (Å²) in [6.45, 7) is 7.53. The lowest BCUT2D eigenvalue weighted by molar-refractivity contribution is 0.342. The maximum Gasteiger partial charge on any atom is 0.0705 e. The first-order valence-electron chi connectivity index (χ1n) is 7.64. The van der Waals surface area contributed by atoms with Crippen molar-refractivity contribution in [3.05, 3.63) is 54.2 Å². The van der Waals surface area contributed by atoms with Gasteiger partial charge in [0.1, 0.15) is 0 Å². The van der Waals surface area contributed by atoms with Gasteiger partial charge >= 0.3 is 0 Å². The SMILES string of the molecule is CCN(C)CCNC(C)c1ccccc1-c1ccccn1. The number of rotatable bonds is 7. The van der Waals surface area contributed by atoms with E-state index in [0.717, 1.165) is 25.3 Å². The summed E-state index contributed by atoms with van der Waals surface area (Å²) >= 11 is 0. The molecule has 3 heteroatoms. The summed E-state index contributed by atoms with van der Waals surface area (Å²) in [5, 5.41) is 3.60. The van der Waals surface area contributed by atoms with Crippen LogP contribution >= 0.6 is 0 Å². The van der Waals surface area contributed by atoms with Crippen LogP contribution in [-0.4, -0.2) is 36.6 Å². The number of pyridine rings is 1. The van der Waals surface area contributed by atoms with Gasteiger partial charge in [-0.1, -0.05) is 37.3 Å². The first kappa shape index (κ1) is 15.7. The molecule has 0 saturated carbocycles. The fraction of sp³-hybridized carbons (Fsp3) is 0.389. The molecule has 0 amide bonds. The number of hydrogen-bond donors (Lipinski definition) is 1. The summed E-state index contributed by atoms with van der Waals surface area (Å²) in [4.78, 5) is 6.79. The standard InChI is InChI=1S/C18H25N3/c1-4-21(3)14-13-19-15(2)16-9-5-6-10-17(16)18-11-7-8-12-20-18/h5-12,15,19H,4,13-14H2,1-3H3. The Bertz CT molecular complexity index is 539. The molecule has 0 aliphatic rings. The number of likely N-dealkylation sites (N-methyl/N-ethyl adjacent to an activating group) is 1. The van der Waals surface area contributed by atoms with Gasteiger partial charge in [-0.3, -0.25) is 4.98 Å². The molecule has 3 nitrogen and oxygen atoms in total. The van der Waals surface area contributed by atoms with Crippen LogP contribution in [0.5, 0.6) is 0 Å². The molecule has 1 atom stereocenters. The molecule has 1 N–H and O–H groups in total. The Morgan fingerprint density at radius 2 is 1.90 bits per heavy atom. The fourth-order valence-corrected chi connectivity index (χ4v) is 2.37. The van der Waals surface area contributed by atoms with E-state index in [0.29, 0.717) is 6.04 Å². The third kappa shape index (κ3) is 4.38. The molecule has 1 aromatic carbocycles. The van der Waals surface area contributed by atoms with Crippen LogP contribution < -0.4 is 5.32 Å². The molecule has 0 fully saturated rings. The molecule has 0 aliphatic carbocycles. The summed E-state index contributed by atoms with van der Waals surface area (Å²) in [6, 6.07) is 14.9. The van der Waals surface area contributed by atoms with Crippen molar-refractivity contribution < 1.29 is 0 Å². The Kier molecular flexibility index (Phi) is 5.90. The highest BCUT2D eigenvalue weighted by Crippen LogP contribution is 2.26. The monoisotopic (exact) mass is 283 g/mol. The van der Waals surface area contributed by atoms with Crippen LogP contribution in [0.15, 0.2) is 48.7 Å². The third-order valence-electron chi connectivity index (χ3n) is 3.85. The second-order valence-electron chi connectivity index (χ2n) is 5.37. The summed E-state index contributed by atoms with van der Waals surface area (Å²) < 4.78 is 0. The Hall–Kier alpha value is -1.71. The molecule has 21 heavy (non-hydrogen) atoms. The lowest BCUT2D eigenvalue weighted by Gasteiger charge is -2.20. The Morgan fingerprint density at radius 1 is 1.14 bits per heavy atom. The predicted molar refractivity (Wildman–Crippen MR) is 89.3 cm³/mol. The second kappa shape index (κ2) is 7.91. The molecule has 1 unspecified atom stereocenters. The maximum atomic E-state index is 4.48. The molecule has 0 saturated heterocycles. The van der Waals surface area contributed by atoms with Crippen molar-refractivity contribution in [2.75, 3.05) is 26.7 Å². The van der Waals surface area contributed by atoms with Crippen LogP contribution in [0.3, 0.4) is 0 Å². The molecule has 0 radical (unpaired) electrons. The van der Waals surface area contributed by atoms with Crippen LogP contribution in [0.25, 0.3) is 11.3 Å². The van der Waals surface area contributed by atoms with Crippen LogP contribution in [0.2, 0.25) is 0 Å². The topological polar surface area (TPSA) is 28.2 Å². The molecular weight excluding hydrogens is 258 g/mol. The number of aromatic nitrogens is 1. The minimum atomic E-state index is 0.313. The normalized spacial score (nSPS) is 12.6. The van der Waals surface area contributed by atoms with E-state index in [-0.39, 0.29) is 0 Å². The van der Waals surface area contributed by atoms with Crippen molar-refractivity contribution in [1.82, 2.24) is 15.2 Å². The van der Waals surface area contributed by atoms with Gasteiger partial charge in [-0.2, -0.15) is 0 Å². The molecule has 2 aromatic rings. The lowest BCUT2D eigenvalue weighted by Crippen LogP contribution is -2.30. The number of nitrogens with one attached hydrogen (secondary N) is 1. The van der Waals surface area contributed by atoms with Gasteiger partial charge in [-0.05, 0) is 38.2 Å². The highest BCUT2D eigenvalue weighted by molar-refractivity contribution is 5.64. The van der Waals surface area contributed by atoms with Gasteiger partial charge in [0, 0.05) is 30.9 Å². The average molecular weight is 283 g/mol. The van der Waals surface area contributed by atoms with E-state index in [1.54, 1.807) is 0 Å². The van der Waals surface area contributed by atoms with Gasteiger partial charge in [0.2, 0.25) is 0 Å². The predicted octanol–water partition coefficient (Wildman–Crippen LogP) is 3.35. The summed E-state index contributed by atoms with van der Waals surface area (Å²) in [7, 11) is 2.15. The number of nitrogens with zero attached hydrogens (tertiary/aromatic N) is 2. The molecule has 112 valence electrons. The zero-order valence-corrected chi connectivity index (χ0v) is 13.2. The molecular formula is C18H25N3. The van der Waals surface area contributed by atoms with E-state index in [1.165, 1.54) is 11.1 Å². The molecule has 0 spiro atoms. The minimum Gasteiger partial charge on any atom is -0.309 e. The first-order valence-corrected chi connectivity index (χ1v) is 7.64. The summed E-state index contributed by atoms with van der Waals surface area (Å²) in [5.41, 5.74) is 3.55. The van der Waals surface area contributed by atoms with E-state index >= 15 is 0 Å². The third-order valence-corrected chi connectivity index (χ3v) is 3.85. The van der Waals surface area contributed by atoms with Crippen molar-refractivity contribution in [3.8, 4) is 11.3 Å². The Labute approximate surface area is 128 Å². The Morgan fingerprint density at radius 3 is 2.62 bits per heavy atom. The van der Waals surface area contributed by atoms with E-state index < -0.39 is 0 Å². The van der Waals surface area contributed by atoms with E-state index in [9.17, 15) is 0 Å². The van der Waals surface area contributed by atoms with Crippen molar-refractivity contribution >= 4 is 0 Å². The van der Waals surface area contributed by atoms with Crippen molar-refractivity contribution in [2.24, 2.45) is 0 Å². The molecule has 1 heterocycles. The van der Waals surface area contributed by atoms with Gasteiger partial charge in [0.15, 0.2) is 0 Å². The second-order valence-corrected chi connectivity index (χ2v) is 5.37. The zero-order chi connectivity index (χ0) is 15.1. The van der Waals surface area contributed by atoms with Gasteiger partial charge in [-0.25, -0.2) is 0 Å². The largest absolute Gasteiger partial charge is 0.309 e. The van der Waals surface area contributed by atoms with E-state index in [1.807, 2.05) is 18.3 Å².